The highest BCUT2D eigenvalue weighted by Crippen LogP contribution is 2.17. The number of rotatable bonds is 3. The van der Waals surface area contributed by atoms with Crippen molar-refractivity contribution in [2.75, 3.05) is 7.05 Å². The Labute approximate surface area is 84.1 Å². The Balaban J connectivity index is 2.69. The Bertz CT molecular complexity index is 323. The van der Waals surface area contributed by atoms with Crippen molar-refractivity contribution >= 4 is 5.91 Å². The summed E-state index contributed by atoms with van der Waals surface area (Å²) in [5.74, 6) is 0.636. The third-order valence-corrected chi connectivity index (χ3v) is 2.01. The average molecular weight is 193 g/mol. The van der Waals surface area contributed by atoms with Crippen molar-refractivity contribution in [3.8, 4) is 5.75 Å². The lowest BCUT2D eigenvalue weighted by Gasteiger charge is -2.14. The Hall–Kier alpha value is -1.51. The van der Waals surface area contributed by atoms with E-state index in [0.717, 1.165) is 11.3 Å². The summed E-state index contributed by atoms with van der Waals surface area (Å²) in [4.78, 5) is 11.2. The molecule has 3 nitrogen and oxygen atoms in total. The highest BCUT2D eigenvalue weighted by Gasteiger charge is 2.12. The van der Waals surface area contributed by atoms with E-state index in [0.29, 0.717) is 0 Å². The van der Waals surface area contributed by atoms with Crippen LogP contribution >= 0.6 is 0 Å². The van der Waals surface area contributed by atoms with Gasteiger partial charge in [0.15, 0.2) is 6.10 Å². The van der Waals surface area contributed by atoms with E-state index in [1.807, 2.05) is 31.2 Å². The van der Waals surface area contributed by atoms with Gasteiger partial charge in [-0.2, -0.15) is 0 Å². The third kappa shape index (κ3) is 2.49. The van der Waals surface area contributed by atoms with Gasteiger partial charge in [0.25, 0.3) is 5.91 Å². The number of ether oxygens (including phenoxy) is 1. The first kappa shape index (κ1) is 10.6. The van der Waals surface area contributed by atoms with Crippen LogP contribution in [0, 0.1) is 6.92 Å². The minimum absolute atomic E-state index is 0.117. The molecule has 1 aromatic carbocycles. The summed E-state index contributed by atoms with van der Waals surface area (Å²) in [6, 6.07) is 7.63. The number of carbonyl (C=O) groups is 1. The van der Waals surface area contributed by atoms with Crippen LogP contribution in [0.5, 0.6) is 5.75 Å². The van der Waals surface area contributed by atoms with Crippen molar-refractivity contribution < 1.29 is 9.53 Å². The zero-order valence-corrected chi connectivity index (χ0v) is 8.70. The molecule has 0 aliphatic heterocycles. The number of aryl methyl sites for hydroxylation is 1. The van der Waals surface area contributed by atoms with Crippen LogP contribution in [0.1, 0.15) is 12.5 Å². The fourth-order valence-electron chi connectivity index (χ4n) is 1.14. The number of hydrogen-bond donors (Lipinski definition) is 1. The zero-order valence-electron chi connectivity index (χ0n) is 8.70. The van der Waals surface area contributed by atoms with Gasteiger partial charge in [-0.15, -0.1) is 0 Å². The Morgan fingerprint density at radius 3 is 2.64 bits per heavy atom. The molecule has 0 aliphatic rings. The standard InChI is InChI=1S/C11H15NO2/c1-8-6-4-5-7-10(8)14-9(2)11(13)12-3/h4-7,9H,1-3H3,(H,12,13)/t9-/m1/s1. The molecule has 1 atom stereocenters. The molecule has 0 saturated carbocycles. The largest absolute Gasteiger partial charge is 0.481 e. The van der Waals surface area contributed by atoms with Gasteiger partial charge in [-0.25, -0.2) is 0 Å². The number of amides is 1. The quantitative estimate of drug-likeness (QED) is 0.790. The molecule has 0 unspecified atom stereocenters. The predicted molar refractivity (Wildman–Crippen MR) is 55.3 cm³/mol. The molecule has 0 spiro atoms. The molecule has 1 N–H and O–H groups in total. The lowest BCUT2D eigenvalue weighted by Crippen LogP contribution is -2.33. The van der Waals surface area contributed by atoms with Gasteiger partial charge in [-0.1, -0.05) is 18.2 Å². The van der Waals surface area contributed by atoms with E-state index in [-0.39, 0.29) is 5.91 Å². The van der Waals surface area contributed by atoms with Crippen LogP contribution in [0.25, 0.3) is 0 Å². The van der Waals surface area contributed by atoms with Crippen LogP contribution in [0.3, 0.4) is 0 Å². The molecule has 1 aromatic rings. The van der Waals surface area contributed by atoms with Crippen LogP contribution in [0.4, 0.5) is 0 Å². The molecule has 1 amide bonds. The predicted octanol–water partition coefficient (Wildman–Crippen LogP) is 1.51. The van der Waals surface area contributed by atoms with Crippen LogP contribution in [0.2, 0.25) is 0 Å². The van der Waals surface area contributed by atoms with E-state index in [1.165, 1.54) is 0 Å². The number of para-hydroxylation sites is 1. The first-order valence-corrected chi connectivity index (χ1v) is 4.59. The summed E-state index contributed by atoms with van der Waals surface area (Å²) in [7, 11) is 1.60. The van der Waals surface area contributed by atoms with Crippen LogP contribution in [-0.2, 0) is 4.79 Å². The smallest absolute Gasteiger partial charge is 0.260 e. The molecule has 76 valence electrons. The topological polar surface area (TPSA) is 38.3 Å². The highest BCUT2D eigenvalue weighted by atomic mass is 16.5. The summed E-state index contributed by atoms with van der Waals surface area (Å²) < 4.78 is 5.49. The molecular formula is C11H15NO2. The van der Waals surface area contributed by atoms with Gasteiger partial charge in [0.05, 0.1) is 0 Å². The molecule has 3 heteroatoms. The number of carbonyl (C=O) groups excluding carboxylic acids is 1. The summed E-state index contributed by atoms with van der Waals surface area (Å²) in [5.41, 5.74) is 1.03. The van der Waals surface area contributed by atoms with Crippen LogP contribution in [0.15, 0.2) is 24.3 Å². The third-order valence-electron chi connectivity index (χ3n) is 2.01. The van der Waals surface area contributed by atoms with E-state index >= 15 is 0 Å². The molecule has 0 radical (unpaired) electrons. The zero-order chi connectivity index (χ0) is 10.6. The summed E-state index contributed by atoms with van der Waals surface area (Å²) in [5, 5.41) is 2.54. The molecule has 0 bridgehead atoms. The van der Waals surface area contributed by atoms with Gasteiger partial charge in [0, 0.05) is 7.05 Å². The minimum Gasteiger partial charge on any atom is -0.481 e. The SMILES string of the molecule is CNC(=O)[C@@H](C)Oc1ccccc1C. The van der Waals surface area contributed by atoms with Crippen molar-refractivity contribution in [3.05, 3.63) is 29.8 Å². The molecule has 0 saturated heterocycles. The van der Waals surface area contributed by atoms with E-state index in [2.05, 4.69) is 5.32 Å². The van der Waals surface area contributed by atoms with Crippen LogP contribution < -0.4 is 10.1 Å². The Morgan fingerprint density at radius 2 is 2.07 bits per heavy atom. The van der Waals surface area contributed by atoms with Gasteiger partial charge in [-0.05, 0) is 25.5 Å². The van der Waals surface area contributed by atoms with E-state index in [1.54, 1.807) is 14.0 Å². The molecule has 1 rings (SSSR count). The number of likely N-dealkylation sites (N-methyl/N-ethyl adjacent to an activating group) is 1. The van der Waals surface area contributed by atoms with Crippen molar-refractivity contribution in [1.29, 1.82) is 0 Å². The van der Waals surface area contributed by atoms with E-state index in [4.69, 9.17) is 4.74 Å². The lowest BCUT2D eigenvalue weighted by atomic mass is 10.2. The number of hydrogen-bond acceptors (Lipinski definition) is 2. The second kappa shape index (κ2) is 4.65. The normalized spacial score (nSPS) is 11.9. The summed E-state index contributed by atoms with van der Waals surface area (Å²) in [6.45, 7) is 3.68. The Kier molecular flexibility index (Phi) is 3.51. The maximum Gasteiger partial charge on any atom is 0.260 e. The fraction of sp³-hybridized carbons (Fsp3) is 0.364. The van der Waals surface area contributed by atoms with Crippen molar-refractivity contribution in [2.45, 2.75) is 20.0 Å². The van der Waals surface area contributed by atoms with Crippen LogP contribution in [-0.4, -0.2) is 19.1 Å². The van der Waals surface area contributed by atoms with Gasteiger partial charge in [-0.3, -0.25) is 4.79 Å². The van der Waals surface area contributed by atoms with Gasteiger partial charge < -0.3 is 10.1 Å². The molecule has 0 aromatic heterocycles. The highest BCUT2D eigenvalue weighted by molar-refractivity contribution is 5.80. The lowest BCUT2D eigenvalue weighted by molar-refractivity contribution is -0.126. The second-order valence-electron chi connectivity index (χ2n) is 3.14. The van der Waals surface area contributed by atoms with Gasteiger partial charge >= 0.3 is 0 Å². The van der Waals surface area contributed by atoms with E-state index in [9.17, 15) is 4.79 Å². The fourth-order valence-corrected chi connectivity index (χ4v) is 1.14. The second-order valence-corrected chi connectivity index (χ2v) is 3.14. The number of benzene rings is 1. The maximum absolute atomic E-state index is 11.2. The van der Waals surface area contributed by atoms with E-state index < -0.39 is 6.10 Å². The monoisotopic (exact) mass is 193 g/mol. The first-order valence-electron chi connectivity index (χ1n) is 4.59. The first-order chi connectivity index (χ1) is 6.65. The van der Waals surface area contributed by atoms with Gasteiger partial charge in [0.2, 0.25) is 0 Å². The molecule has 0 heterocycles. The summed E-state index contributed by atoms with van der Waals surface area (Å²) in [6.07, 6.45) is -0.457. The molecular weight excluding hydrogens is 178 g/mol. The van der Waals surface area contributed by atoms with Crippen molar-refractivity contribution in [2.24, 2.45) is 0 Å². The molecule has 0 fully saturated rings. The maximum atomic E-state index is 11.2. The molecule has 14 heavy (non-hydrogen) atoms. The van der Waals surface area contributed by atoms with Crippen molar-refractivity contribution in [3.63, 3.8) is 0 Å². The number of nitrogens with one attached hydrogen (secondary N) is 1. The minimum atomic E-state index is -0.457. The Morgan fingerprint density at radius 1 is 1.43 bits per heavy atom. The summed E-state index contributed by atoms with van der Waals surface area (Å²) >= 11 is 0. The van der Waals surface area contributed by atoms with Gasteiger partial charge in [0.1, 0.15) is 5.75 Å². The van der Waals surface area contributed by atoms with Crippen molar-refractivity contribution in [1.82, 2.24) is 5.32 Å². The molecule has 0 aliphatic carbocycles. The average Bonchev–Trinajstić information content (AvgIpc) is 2.20.